The normalized spacial score (nSPS) is 18.5. The molecule has 2 aromatic rings. The first kappa shape index (κ1) is 43.8. The number of likely N-dealkylation sites (tertiary alicyclic amines) is 2. The Balaban J connectivity index is 0.00000104. The van der Waals surface area contributed by atoms with E-state index in [9.17, 15) is 31.2 Å². The monoisotopic (exact) mass is 742 g/mol. The summed E-state index contributed by atoms with van der Waals surface area (Å²) in [5.74, 6) is -1.50. The number of fused-ring (bicyclic) bond motifs is 1. The summed E-state index contributed by atoms with van der Waals surface area (Å²) in [5.41, 5.74) is 1.50. The number of aryl methyl sites for hydroxylation is 2. The van der Waals surface area contributed by atoms with Crippen LogP contribution in [0, 0.1) is 19.3 Å². The van der Waals surface area contributed by atoms with Gasteiger partial charge in [0.05, 0.1) is 24.7 Å². The highest BCUT2D eigenvalue weighted by Crippen LogP contribution is 2.41. The fraction of sp³-hybridized carbons (Fsp3) is 0.622. The second-order valence-corrected chi connectivity index (χ2v) is 14.2. The molecule has 0 saturated carbocycles. The third-order valence-electron chi connectivity index (χ3n) is 9.33. The fourth-order valence-electron chi connectivity index (χ4n) is 6.73. The van der Waals surface area contributed by atoms with Crippen molar-refractivity contribution in [1.29, 1.82) is 0 Å². The summed E-state index contributed by atoms with van der Waals surface area (Å²) in [5, 5.41) is 0. The number of hydrogen-bond acceptors (Lipinski definition) is 6. The van der Waals surface area contributed by atoms with Gasteiger partial charge < -0.3 is 23.8 Å². The van der Waals surface area contributed by atoms with E-state index in [0.717, 1.165) is 10.6 Å². The lowest BCUT2D eigenvalue weighted by Gasteiger charge is -2.39. The van der Waals surface area contributed by atoms with Gasteiger partial charge in [0, 0.05) is 51.2 Å². The molecule has 1 aromatic carbocycles. The van der Waals surface area contributed by atoms with Gasteiger partial charge in [-0.3, -0.25) is 9.59 Å². The molecule has 4 heterocycles. The summed E-state index contributed by atoms with van der Waals surface area (Å²) in [4.78, 5) is 27.4. The number of ether oxygens (including phenoxy) is 2. The van der Waals surface area contributed by atoms with E-state index < -0.39 is 33.6 Å². The Morgan fingerprint density at radius 2 is 1.47 bits per heavy atom. The number of sulfonamides is 1. The lowest BCUT2D eigenvalue weighted by molar-refractivity contribution is -0.184. The zero-order chi connectivity index (χ0) is 38.6. The molecule has 0 radical (unpaired) electrons. The third-order valence-corrected chi connectivity index (χ3v) is 11.5. The van der Waals surface area contributed by atoms with Crippen molar-refractivity contribution in [2.75, 3.05) is 53.0 Å². The Morgan fingerprint density at radius 1 is 0.922 bits per heavy atom. The first-order chi connectivity index (χ1) is 24.2. The van der Waals surface area contributed by atoms with Gasteiger partial charge in [-0.2, -0.15) is 17.5 Å². The minimum absolute atomic E-state index is 0.0322. The zero-order valence-corrected chi connectivity index (χ0v) is 32.5. The van der Waals surface area contributed by atoms with Crippen LogP contribution in [-0.2, 0) is 30.9 Å². The molecular formula is C37H57F3N4O6S. The van der Waals surface area contributed by atoms with Crippen LogP contribution in [0.4, 0.5) is 13.2 Å². The molecule has 3 aliphatic rings. The maximum atomic E-state index is 14.0. The van der Waals surface area contributed by atoms with E-state index >= 15 is 0 Å². The van der Waals surface area contributed by atoms with Crippen molar-refractivity contribution in [3.63, 3.8) is 0 Å². The number of benzene rings is 1. The summed E-state index contributed by atoms with van der Waals surface area (Å²) in [6, 6.07) is 6.43. The van der Waals surface area contributed by atoms with Gasteiger partial charge in [-0.25, -0.2) is 8.42 Å². The molecule has 0 N–H and O–H groups in total. The molecular weight excluding hydrogens is 685 g/mol. The molecule has 2 fully saturated rings. The van der Waals surface area contributed by atoms with Crippen LogP contribution in [0.25, 0.3) is 0 Å². The molecule has 1 unspecified atom stereocenters. The first-order valence-corrected chi connectivity index (χ1v) is 19.2. The average Bonchev–Trinajstić information content (AvgIpc) is 3.77. The second-order valence-electron chi connectivity index (χ2n) is 12.4. The van der Waals surface area contributed by atoms with Gasteiger partial charge >= 0.3 is 12.1 Å². The Morgan fingerprint density at radius 3 is 1.98 bits per heavy atom. The number of carbonyl (C=O) groups is 2. The molecule has 1 aromatic heterocycles. The predicted octanol–water partition coefficient (Wildman–Crippen LogP) is 6.91. The molecule has 0 bridgehead atoms. The average molecular weight is 743 g/mol. The van der Waals surface area contributed by atoms with Gasteiger partial charge in [0.1, 0.15) is 12.4 Å². The molecule has 2 amide bonds. The molecule has 5 rings (SSSR count). The molecule has 0 aliphatic carbocycles. The highest BCUT2D eigenvalue weighted by Gasteiger charge is 2.49. The maximum Gasteiger partial charge on any atom is 0.471 e. The van der Waals surface area contributed by atoms with Crippen LogP contribution in [0.15, 0.2) is 47.5 Å². The van der Waals surface area contributed by atoms with Crippen LogP contribution in [-0.4, -0.2) is 98.1 Å². The van der Waals surface area contributed by atoms with Crippen molar-refractivity contribution in [2.45, 2.75) is 98.3 Å². The highest BCUT2D eigenvalue weighted by molar-refractivity contribution is 7.89. The molecule has 3 aliphatic heterocycles. The van der Waals surface area contributed by atoms with E-state index in [-0.39, 0.29) is 43.7 Å². The molecule has 1 atom stereocenters. The van der Waals surface area contributed by atoms with Crippen molar-refractivity contribution in [1.82, 2.24) is 18.7 Å². The van der Waals surface area contributed by atoms with Gasteiger partial charge in [-0.1, -0.05) is 39.8 Å². The lowest BCUT2D eigenvalue weighted by Crippen LogP contribution is -2.47. The summed E-state index contributed by atoms with van der Waals surface area (Å²) in [6.45, 7) is 16.7. The number of carbonyl (C=O) groups excluding carboxylic acids is 2. The van der Waals surface area contributed by atoms with Crippen LogP contribution in [0.5, 0.6) is 5.75 Å². The van der Waals surface area contributed by atoms with Crippen LogP contribution >= 0.6 is 0 Å². The lowest BCUT2D eigenvalue weighted by atomic mass is 9.78. The summed E-state index contributed by atoms with van der Waals surface area (Å²) in [7, 11) is -2.40. The molecule has 2 saturated heterocycles. The van der Waals surface area contributed by atoms with Crippen molar-refractivity contribution in [2.24, 2.45) is 5.41 Å². The number of halogens is 3. The summed E-state index contributed by atoms with van der Waals surface area (Å²) < 4.78 is 81.3. The number of nitrogens with zero attached hydrogens (tertiary/aromatic N) is 4. The van der Waals surface area contributed by atoms with Crippen LogP contribution < -0.4 is 4.74 Å². The Labute approximate surface area is 302 Å². The standard InChI is InChI=1S/C29H37F3N4O6S.C4H8.2C2H6/c1-20-15-22(41-3)16-21(2)26(20)43(39,40)36-14-13-33-9-4-5-23(33)24(36)17-42-18-25(37)34-10-6-28(7-11-34)8-12-35(19-28)27(38)29(30,31)32;1-3-4-2;2*1-2/h4-5,9,15-16,24H,6-8,10-14,17-19H2,1-3H3;3-4H,1-2H3;2*1-2H3/b;4-3-;;. The number of alkyl halides is 3. The molecule has 10 nitrogen and oxygen atoms in total. The highest BCUT2D eigenvalue weighted by atomic mass is 32.2. The van der Waals surface area contributed by atoms with Crippen molar-refractivity contribution < 1.29 is 40.7 Å². The topological polar surface area (TPSA) is 101 Å². The number of hydrogen-bond donors (Lipinski definition) is 0. The Bertz CT molecular complexity index is 1540. The summed E-state index contributed by atoms with van der Waals surface area (Å²) in [6.07, 6.45) is 2.48. The predicted molar refractivity (Wildman–Crippen MR) is 193 cm³/mol. The van der Waals surface area contributed by atoms with Gasteiger partial charge in [0.2, 0.25) is 15.9 Å². The van der Waals surface area contributed by atoms with E-state index in [1.807, 2.05) is 76.6 Å². The van der Waals surface area contributed by atoms with Crippen LogP contribution in [0.3, 0.4) is 0 Å². The fourth-order valence-corrected chi connectivity index (χ4v) is 8.72. The zero-order valence-electron chi connectivity index (χ0n) is 31.7. The SMILES string of the molecule is C/C=C\C.CC.CC.COc1cc(C)c(S(=O)(=O)N2CCn3cccc3C2COCC(=O)N2CCC3(CC2)CCN(C(=O)C(F)(F)F)C3)c(C)c1. The van der Waals surface area contributed by atoms with E-state index in [1.54, 1.807) is 30.9 Å². The minimum atomic E-state index is -4.89. The Kier molecular flexibility index (Phi) is 16.7. The molecule has 1 spiro atoms. The quantitative estimate of drug-likeness (QED) is 0.286. The molecule has 51 heavy (non-hydrogen) atoms. The number of piperidine rings is 1. The maximum absolute atomic E-state index is 14.0. The van der Waals surface area contributed by atoms with E-state index in [4.69, 9.17) is 9.47 Å². The van der Waals surface area contributed by atoms with Gasteiger partial charge in [-0.15, -0.1) is 0 Å². The van der Waals surface area contributed by atoms with Crippen molar-refractivity contribution in [3.05, 3.63) is 59.4 Å². The van der Waals surface area contributed by atoms with Crippen molar-refractivity contribution in [3.8, 4) is 5.75 Å². The molecule has 288 valence electrons. The minimum Gasteiger partial charge on any atom is -0.497 e. The second kappa shape index (κ2) is 19.5. The van der Waals surface area contributed by atoms with Gasteiger partial charge in [-0.05, 0) is 87.8 Å². The van der Waals surface area contributed by atoms with Gasteiger partial charge in [0.25, 0.3) is 0 Å². The number of aromatic nitrogens is 1. The van der Waals surface area contributed by atoms with Crippen molar-refractivity contribution >= 4 is 21.8 Å². The number of amides is 2. The van der Waals surface area contributed by atoms with E-state index in [0.29, 0.717) is 55.8 Å². The Hall–Kier alpha value is -3.36. The first-order valence-electron chi connectivity index (χ1n) is 17.8. The smallest absolute Gasteiger partial charge is 0.471 e. The third kappa shape index (κ3) is 10.6. The molecule has 14 heteroatoms. The largest absolute Gasteiger partial charge is 0.497 e. The van der Waals surface area contributed by atoms with Crippen LogP contribution in [0.1, 0.15) is 83.7 Å². The summed E-state index contributed by atoms with van der Waals surface area (Å²) >= 11 is 0. The van der Waals surface area contributed by atoms with E-state index in [2.05, 4.69) is 0 Å². The van der Waals surface area contributed by atoms with Gasteiger partial charge in [0.15, 0.2) is 0 Å². The number of rotatable bonds is 7. The van der Waals surface area contributed by atoms with Crippen LogP contribution in [0.2, 0.25) is 0 Å². The number of methoxy groups -OCH3 is 1. The van der Waals surface area contributed by atoms with E-state index in [1.165, 1.54) is 11.4 Å². The number of allylic oxidation sites excluding steroid dienone is 2.